The van der Waals surface area contributed by atoms with Crippen LogP contribution in [0, 0.1) is 5.82 Å². The SMILES string of the molecule is NC(=O)CSCc1csc(NC(=O)COc2ccc(F)cc2)n1. The number of nitrogens with zero attached hydrogens (tertiary/aromatic N) is 1. The minimum Gasteiger partial charge on any atom is -0.484 e. The van der Waals surface area contributed by atoms with Crippen molar-refractivity contribution in [2.75, 3.05) is 17.7 Å². The molecule has 122 valence electrons. The average Bonchev–Trinajstić information content (AvgIpc) is 2.94. The second-order valence-electron chi connectivity index (χ2n) is 4.39. The van der Waals surface area contributed by atoms with Crippen LogP contribution >= 0.6 is 23.1 Å². The zero-order valence-electron chi connectivity index (χ0n) is 12.0. The van der Waals surface area contributed by atoms with E-state index in [-0.39, 0.29) is 30.0 Å². The van der Waals surface area contributed by atoms with Gasteiger partial charge in [-0.2, -0.15) is 0 Å². The van der Waals surface area contributed by atoms with Crippen LogP contribution in [0.5, 0.6) is 5.75 Å². The van der Waals surface area contributed by atoms with Gasteiger partial charge in [-0.05, 0) is 24.3 Å². The van der Waals surface area contributed by atoms with Crippen LogP contribution in [0.25, 0.3) is 0 Å². The largest absolute Gasteiger partial charge is 0.484 e. The fraction of sp³-hybridized carbons (Fsp3) is 0.214. The van der Waals surface area contributed by atoms with E-state index in [4.69, 9.17) is 10.5 Å². The zero-order valence-corrected chi connectivity index (χ0v) is 13.6. The van der Waals surface area contributed by atoms with E-state index in [9.17, 15) is 14.0 Å². The Kier molecular flexibility index (Phi) is 6.36. The van der Waals surface area contributed by atoms with Crippen LogP contribution in [0.1, 0.15) is 5.69 Å². The Hall–Kier alpha value is -2.13. The molecule has 0 spiro atoms. The lowest BCUT2D eigenvalue weighted by Crippen LogP contribution is -2.20. The number of halogens is 1. The number of anilines is 1. The zero-order chi connectivity index (χ0) is 16.7. The van der Waals surface area contributed by atoms with Gasteiger partial charge in [-0.1, -0.05) is 0 Å². The second-order valence-corrected chi connectivity index (χ2v) is 6.24. The molecule has 2 rings (SSSR count). The Morgan fingerprint density at radius 3 is 2.78 bits per heavy atom. The van der Waals surface area contributed by atoms with Gasteiger partial charge in [0.15, 0.2) is 11.7 Å². The maximum atomic E-state index is 12.7. The molecule has 2 aromatic rings. The number of nitrogens with two attached hydrogens (primary N) is 1. The molecule has 0 radical (unpaired) electrons. The van der Waals surface area contributed by atoms with Crippen LogP contribution in [0.3, 0.4) is 0 Å². The number of carbonyl (C=O) groups excluding carboxylic acids is 2. The van der Waals surface area contributed by atoms with Crippen molar-refractivity contribution < 1.29 is 18.7 Å². The second kappa shape index (κ2) is 8.49. The third kappa shape index (κ3) is 6.25. The molecule has 1 heterocycles. The van der Waals surface area contributed by atoms with E-state index < -0.39 is 0 Å². The Morgan fingerprint density at radius 1 is 1.35 bits per heavy atom. The lowest BCUT2D eigenvalue weighted by Gasteiger charge is -2.05. The van der Waals surface area contributed by atoms with Gasteiger partial charge in [-0.15, -0.1) is 23.1 Å². The highest BCUT2D eigenvalue weighted by molar-refractivity contribution is 7.99. The highest BCUT2D eigenvalue weighted by Gasteiger charge is 2.08. The number of benzene rings is 1. The number of ether oxygens (including phenoxy) is 1. The van der Waals surface area contributed by atoms with Crippen molar-refractivity contribution in [1.29, 1.82) is 0 Å². The van der Waals surface area contributed by atoms with Gasteiger partial charge in [0.05, 0.1) is 11.4 Å². The average molecular weight is 355 g/mol. The summed E-state index contributed by atoms with van der Waals surface area (Å²) in [5.41, 5.74) is 5.81. The molecule has 0 fully saturated rings. The molecule has 0 aliphatic heterocycles. The Bertz CT molecular complexity index is 676. The number of nitrogens with one attached hydrogen (secondary N) is 1. The Labute approximate surface area is 140 Å². The number of carbonyl (C=O) groups is 2. The number of rotatable bonds is 8. The third-order valence-corrected chi connectivity index (χ3v) is 4.27. The quantitative estimate of drug-likeness (QED) is 0.755. The van der Waals surface area contributed by atoms with Crippen molar-refractivity contribution in [2.45, 2.75) is 5.75 Å². The molecule has 9 heteroatoms. The number of hydrogen-bond acceptors (Lipinski definition) is 6. The first kappa shape index (κ1) is 17.2. The van der Waals surface area contributed by atoms with E-state index in [0.29, 0.717) is 16.6 Å². The van der Waals surface area contributed by atoms with Crippen molar-refractivity contribution in [1.82, 2.24) is 4.98 Å². The molecule has 0 saturated heterocycles. The van der Waals surface area contributed by atoms with Crippen LogP contribution in [0.4, 0.5) is 9.52 Å². The molecule has 6 nitrogen and oxygen atoms in total. The molecule has 0 aliphatic carbocycles. The highest BCUT2D eigenvalue weighted by Crippen LogP contribution is 2.19. The van der Waals surface area contributed by atoms with Crippen LogP contribution < -0.4 is 15.8 Å². The maximum absolute atomic E-state index is 12.7. The van der Waals surface area contributed by atoms with Gasteiger partial charge >= 0.3 is 0 Å². The predicted molar refractivity (Wildman–Crippen MR) is 88.0 cm³/mol. The van der Waals surface area contributed by atoms with Crippen LogP contribution in [0.2, 0.25) is 0 Å². The van der Waals surface area contributed by atoms with Gasteiger partial charge in [0.1, 0.15) is 11.6 Å². The topological polar surface area (TPSA) is 94.3 Å². The van der Waals surface area contributed by atoms with Crippen LogP contribution in [0.15, 0.2) is 29.6 Å². The van der Waals surface area contributed by atoms with Crippen molar-refractivity contribution in [3.63, 3.8) is 0 Å². The third-order valence-electron chi connectivity index (χ3n) is 2.48. The minimum atomic E-state index is -0.378. The van der Waals surface area contributed by atoms with Gasteiger partial charge in [0.2, 0.25) is 5.91 Å². The number of aromatic nitrogens is 1. The summed E-state index contributed by atoms with van der Waals surface area (Å²) >= 11 is 2.64. The summed E-state index contributed by atoms with van der Waals surface area (Å²) in [5.74, 6) is 0.0684. The van der Waals surface area contributed by atoms with Crippen molar-refractivity contribution in [3.05, 3.63) is 41.2 Å². The summed E-state index contributed by atoms with van der Waals surface area (Å²) in [6.07, 6.45) is 0. The summed E-state index contributed by atoms with van der Waals surface area (Å²) in [4.78, 5) is 26.6. The fourth-order valence-corrected chi connectivity index (χ4v) is 3.01. The van der Waals surface area contributed by atoms with Gasteiger partial charge < -0.3 is 10.5 Å². The number of hydrogen-bond donors (Lipinski definition) is 2. The molecule has 0 bridgehead atoms. The number of primary amides is 1. The lowest BCUT2D eigenvalue weighted by atomic mass is 10.3. The molecular formula is C14H14FN3O3S2. The molecule has 3 N–H and O–H groups in total. The molecule has 0 saturated carbocycles. The van der Waals surface area contributed by atoms with E-state index in [1.54, 1.807) is 5.38 Å². The van der Waals surface area contributed by atoms with E-state index >= 15 is 0 Å². The van der Waals surface area contributed by atoms with Gasteiger partial charge in [0, 0.05) is 11.1 Å². The first-order chi connectivity index (χ1) is 11.0. The van der Waals surface area contributed by atoms with Gasteiger partial charge in [-0.3, -0.25) is 14.9 Å². The molecule has 1 aromatic carbocycles. The Balaban J connectivity index is 1.75. The standard InChI is InChI=1S/C14H14FN3O3S2/c15-9-1-3-11(4-2-9)21-5-13(20)18-14-17-10(7-23-14)6-22-8-12(16)19/h1-4,7H,5-6,8H2,(H2,16,19)(H,17,18,20). The highest BCUT2D eigenvalue weighted by atomic mass is 32.2. The smallest absolute Gasteiger partial charge is 0.264 e. The summed E-state index contributed by atoms with van der Waals surface area (Å²) in [7, 11) is 0. The summed E-state index contributed by atoms with van der Waals surface area (Å²) in [6.45, 7) is -0.197. The number of amides is 2. The molecule has 0 atom stereocenters. The predicted octanol–water partition coefficient (Wildman–Crippen LogP) is 2.02. The minimum absolute atomic E-state index is 0.197. The van der Waals surface area contributed by atoms with Crippen molar-refractivity contribution >= 4 is 40.0 Å². The molecule has 1 aromatic heterocycles. The Morgan fingerprint density at radius 2 is 2.09 bits per heavy atom. The first-order valence-electron chi connectivity index (χ1n) is 6.51. The van der Waals surface area contributed by atoms with Crippen LogP contribution in [-0.4, -0.2) is 29.2 Å². The van der Waals surface area contributed by atoms with Crippen molar-refractivity contribution in [2.24, 2.45) is 5.73 Å². The fourth-order valence-electron chi connectivity index (χ4n) is 1.52. The van der Waals surface area contributed by atoms with Crippen molar-refractivity contribution in [3.8, 4) is 5.75 Å². The lowest BCUT2D eigenvalue weighted by molar-refractivity contribution is -0.118. The monoisotopic (exact) mass is 355 g/mol. The summed E-state index contributed by atoms with van der Waals surface area (Å²) in [6, 6.07) is 5.40. The molecule has 0 aliphatic rings. The number of thioether (sulfide) groups is 1. The molecule has 0 unspecified atom stereocenters. The van der Waals surface area contributed by atoms with E-state index in [1.165, 1.54) is 47.4 Å². The molecular weight excluding hydrogens is 341 g/mol. The van der Waals surface area contributed by atoms with Gasteiger partial charge in [-0.25, -0.2) is 9.37 Å². The first-order valence-corrected chi connectivity index (χ1v) is 8.55. The molecule has 2 amide bonds. The van der Waals surface area contributed by atoms with E-state index in [0.717, 1.165) is 5.69 Å². The van der Waals surface area contributed by atoms with Crippen LogP contribution in [-0.2, 0) is 15.3 Å². The number of thiazole rings is 1. The van der Waals surface area contributed by atoms with Gasteiger partial charge in [0.25, 0.3) is 5.91 Å². The van der Waals surface area contributed by atoms with E-state index in [1.807, 2.05) is 0 Å². The van der Waals surface area contributed by atoms with E-state index in [2.05, 4.69) is 10.3 Å². The summed E-state index contributed by atoms with van der Waals surface area (Å²) < 4.78 is 18.0. The maximum Gasteiger partial charge on any atom is 0.264 e. The molecule has 23 heavy (non-hydrogen) atoms. The normalized spacial score (nSPS) is 10.3. The summed E-state index contributed by atoms with van der Waals surface area (Å²) in [5, 5.41) is 4.86.